The molecule has 0 saturated carbocycles. The molecule has 0 atom stereocenters. The summed E-state index contributed by atoms with van der Waals surface area (Å²) >= 11 is 0. The van der Waals surface area contributed by atoms with Gasteiger partial charge in [0.15, 0.2) is 0 Å². The van der Waals surface area contributed by atoms with E-state index in [1.165, 1.54) is 19.3 Å². The van der Waals surface area contributed by atoms with Crippen molar-refractivity contribution in [3.63, 3.8) is 0 Å². The highest BCUT2D eigenvalue weighted by Gasteiger charge is 2.03. The monoisotopic (exact) mass is 278 g/mol. The van der Waals surface area contributed by atoms with Crippen molar-refractivity contribution >= 4 is 5.97 Å². The number of unbranched alkanes of at least 4 members (excludes halogenated alkanes) is 3. The van der Waals surface area contributed by atoms with Crippen LogP contribution in [0, 0.1) is 5.92 Å². The molecule has 0 heterocycles. The summed E-state index contributed by atoms with van der Waals surface area (Å²) in [6.45, 7) is 4.76. The molecule has 112 valence electrons. The molecule has 1 aromatic carbocycles. The molecule has 0 aliphatic heterocycles. The molecule has 3 heteroatoms. The minimum absolute atomic E-state index is 0.137. The lowest BCUT2D eigenvalue weighted by molar-refractivity contribution is -0.145. The van der Waals surface area contributed by atoms with Gasteiger partial charge in [-0.15, -0.1) is 0 Å². The summed E-state index contributed by atoms with van der Waals surface area (Å²) < 4.78 is 5.19. The highest BCUT2D eigenvalue weighted by atomic mass is 16.5. The first-order valence-corrected chi connectivity index (χ1v) is 7.51. The van der Waals surface area contributed by atoms with Gasteiger partial charge in [-0.1, -0.05) is 51.7 Å². The lowest BCUT2D eigenvalue weighted by Gasteiger charge is -2.06. The van der Waals surface area contributed by atoms with Gasteiger partial charge >= 0.3 is 5.97 Å². The van der Waals surface area contributed by atoms with E-state index in [1.807, 2.05) is 0 Å². The molecule has 0 spiro atoms. The van der Waals surface area contributed by atoms with Crippen LogP contribution in [0.2, 0.25) is 0 Å². The number of ether oxygens (including phenoxy) is 1. The summed E-state index contributed by atoms with van der Waals surface area (Å²) in [6, 6.07) is 6.71. The van der Waals surface area contributed by atoms with Crippen molar-refractivity contribution in [1.29, 1.82) is 0 Å². The van der Waals surface area contributed by atoms with E-state index in [0.717, 1.165) is 24.3 Å². The van der Waals surface area contributed by atoms with Gasteiger partial charge in [-0.3, -0.25) is 4.79 Å². The summed E-state index contributed by atoms with van der Waals surface area (Å²) in [7, 11) is 0. The Morgan fingerprint density at radius 2 is 1.75 bits per heavy atom. The van der Waals surface area contributed by atoms with Crippen molar-refractivity contribution in [1.82, 2.24) is 0 Å². The Balaban J connectivity index is 2.04. The zero-order chi connectivity index (χ0) is 14.8. The van der Waals surface area contributed by atoms with Crippen molar-refractivity contribution in [3.05, 3.63) is 29.8 Å². The van der Waals surface area contributed by atoms with Gasteiger partial charge in [0.05, 0.1) is 0 Å². The van der Waals surface area contributed by atoms with Crippen molar-refractivity contribution in [2.75, 3.05) is 0 Å². The number of aromatic hydroxyl groups is 1. The molecule has 0 fully saturated rings. The first kappa shape index (κ1) is 16.5. The van der Waals surface area contributed by atoms with Crippen molar-refractivity contribution in [2.24, 2.45) is 5.92 Å². The minimum Gasteiger partial charge on any atom is -0.508 e. The molecule has 0 aromatic heterocycles. The van der Waals surface area contributed by atoms with Crippen LogP contribution in [-0.4, -0.2) is 11.1 Å². The summed E-state index contributed by atoms with van der Waals surface area (Å²) in [6.07, 6.45) is 6.22. The molecule has 0 unspecified atom stereocenters. The topological polar surface area (TPSA) is 46.5 Å². The second-order valence-electron chi connectivity index (χ2n) is 5.67. The predicted octanol–water partition coefficient (Wildman–Crippen LogP) is 4.43. The largest absolute Gasteiger partial charge is 0.508 e. The smallest absolute Gasteiger partial charge is 0.306 e. The number of esters is 1. The fraction of sp³-hybridized carbons (Fsp3) is 0.588. The first-order chi connectivity index (χ1) is 9.58. The lowest BCUT2D eigenvalue weighted by Crippen LogP contribution is -2.04. The van der Waals surface area contributed by atoms with Crippen LogP contribution in [0.5, 0.6) is 5.75 Å². The van der Waals surface area contributed by atoms with Crippen LogP contribution in [-0.2, 0) is 16.1 Å². The van der Waals surface area contributed by atoms with Crippen LogP contribution in [0.15, 0.2) is 24.3 Å². The van der Waals surface area contributed by atoms with Crippen LogP contribution in [0.25, 0.3) is 0 Å². The van der Waals surface area contributed by atoms with E-state index in [1.54, 1.807) is 24.3 Å². The normalized spacial score (nSPS) is 10.8. The Bertz CT molecular complexity index is 382. The van der Waals surface area contributed by atoms with Crippen molar-refractivity contribution < 1.29 is 14.6 Å². The second-order valence-corrected chi connectivity index (χ2v) is 5.67. The van der Waals surface area contributed by atoms with Crippen LogP contribution in [0.1, 0.15) is 57.9 Å². The number of rotatable bonds is 9. The summed E-state index contributed by atoms with van der Waals surface area (Å²) in [5, 5.41) is 9.15. The van der Waals surface area contributed by atoms with E-state index in [0.29, 0.717) is 6.42 Å². The second kappa shape index (κ2) is 9.40. The zero-order valence-corrected chi connectivity index (χ0v) is 12.6. The highest BCUT2D eigenvalue weighted by molar-refractivity contribution is 5.69. The standard InChI is InChI=1S/C17H26O3/c1-14(2)7-5-3-4-6-8-17(19)20-13-15-9-11-16(18)12-10-15/h9-12,14,18H,3-8,13H2,1-2H3. The molecular weight excluding hydrogens is 252 g/mol. The molecule has 20 heavy (non-hydrogen) atoms. The molecule has 1 N–H and O–H groups in total. The Hall–Kier alpha value is -1.51. The number of benzene rings is 1. The lowest BCUT2D eigenvalue weighted by atomic mass is 10.0. The van der Waals surface area contributed by atoms with Crippen LogP contribution >= 0.6 is 0 Å². The molecule has 1 rings (SSSR count). The number of carbonyl (C=O) groups is 1. The van der Waals surface area contributed by atoms with E-state index < -0.39 is 0 Å². The van der Waals surface area contributed by atoms with Crippen molar-refractivity contribution in [3.8, 4) is 5.75 Å². The van der Waals surface area contributed by atoms with Gasteiger partial charge in [0.2, 0.25) is 0 Å². The number of carbonyl (C=O) groups excluding carboxylic acids is 1. The van der Waals surface area contributed by atoms with Crippen LogP contribution < -0.4 is 0 Å². The first-order valence-electron chi connectivity index (χ1n) is 7.51. The fourth-order valence-corrected chi connectivity index (χ4v) is 2.00. The fourth-order valence-electron chi connectivity index (χ4n) is 2.00. The maximum absolute atomic E-state index is 11.6. The number of hydrogen-bond acceptors (Lipinski definition) is 3. The van der Waals surface area contributed by atoms with Gasteiger partial charge in [-0.05, 0) is 30.0 Å². The van der Waals surface area contributed by atoms with E-state index in [2.05, 4.69) is 13.8 Å². The zero-order valence-electron chi connectivity index (χ0n) is 12.6. The summed E-state index contributed by atoms with van der Waals surface area (Å²) in [5.41, 5.74) is 0.896. The maximum Gasteiger partial charge on any atom is 0.306 e. The van der Waals surface area contributed by atoms with E-state index in [9.17, 15) is 4.79 Å². The Morgan fingerprint density at radius 1 is 1.10 bits per heavy atom. The van der Waals surface area contributed by atoms with Gasteiger partial charge in [-0.25, -0.2) is 0 Å². The van der Waals surface area contributed by atoms with Gasteiger partial charge < -0.3 is 9.84 Å². The predicted molar refractivity (Wildman–Crippen MR) is 80.4 cm³/mol. The molecule has 0 aliphatic rings. The van der Waals surface area contributed by atoms with Gasteiger partial charge in [0.25, 0.3) is 0 Å². The number of hydrogen-bond donors (Lipinski definition) is 1. The molecule has 0 saturated heterocycles. The third-order valence-electron chi connectivity index (χ3n) is 3.25. The molecular formula is C17H26O3. The van der Waals surface area contributed by atoms with Gasteiger partial charge in [0, 0.05) is 6.42 Å². The van der Waals surface area contributed by atoms with Crippen LogP contribution in [0.4, 0.5) is 0 Å². The summed E-state index contributed by atoms with van der Waals surface area (Å²) in [4.78, 5) is 11.6. The molecule has 0 bridgehead atoms. The Labute approximate surface area is 122 Å². The van der Waals surface area contributed by atoms with E-state index >= 15 is 0 Å². The average Bonchev–Trinajstić information content (AvgIpc) is 2.41. The number of phenolic OH excluding ortho intramolecular Hbond substituents is 1. The van der Waals surface area contributed by atoms with Crippen molar-refractivity contribution in [2.45, 2.75) is 59.0 Å². The van der Waals surface area contributed by atoms with Gasteiger partial charge in [0.1, 0.15) is 12.4 Å². The molecule has 0 amide bonds. The Kier molecular flexibility index (Phi) is 7.78. The minimum atomic E-state index is -0.137. The Morgan fingerprint density at radius 3 is 2.40 bits per heavy atom. The average molecular weight is 278 g/mol. The quantitative estimate of drug-likeness (QED) is 0.537. The molecule has 1 aromatic rings. The van der Waals surface area contributed by atoms with E-state index in [-0.39, 0.29) is 18.3 Å². The molecule has 3 nitrogen and oxygen atoms in total. The van der Waals surface area contributed by atoms with E-state index in [4.69, 9.17) is 9.84 Å². The highest BCUT2D eigenvalue weighted by Crippen LogP contribution is 2.12. The third kappa shape index (κ3) is 7.82. The summed E-state index contributed by atoms with van der Waals surface area (Å²) in [5.74, 6) is 0.855. The third-order valence-corrected chi connectivity index (χ3v) is 3.25. The van der Waals surface area contributed by atoms with Gasteiger partial charge in [-0.2, -0.15) is 0 Å². The van der Waals surface area contributed by atoms with Crippen LogP contribution in [0.3, 0.4) is 0 Å². The SMILES string of the molecule is CC(C)CCCCCCC(=O)OCc1ccc(O)cc1. The maximum atomic E-state index is 11.6. The number of phenols is 1. The molecule has 0 radical (unpaired) electrons. The molecule has 0 aliphatic carbocycles.